The summed E-state index contributed by atoms with van der Waals surface area (Å²) in [5.41, 5.74) is -0.608. The maximum atomic E-state index is 11.9. The Morgan fingerprint density at radius 2 is 1.48 bits per heavy atom. The molecule has 2 amide bonds. The molecule has 0 aliphatic carbocycles. The summed E-state index contributed by atoms with van der Waals surface area (Å²) in [6.07, 6.45) is -0.611. The summed E-state index contributed by atoms with van der Waals surface area (Å²) in [7, 11) is 0. The Kier molecular flexibility index (Phi) is 7.62. The number of nitrogens with one attached hydrogen (secondary N) is 1. The van der Waals surface area contributed by atoms with Gasteiger partial charge in [0.2, 0.25) is 5.91 Å². The number of alkyl carbamates (subject to hydrolysis) is 1. The van der Waals surface area contributed by atoms with Crippen molar-refractivity contribution in [3.8, 4) is 0 Å². The van der Waals surface area contributed by atoms with E-state index in [-0.39, 0.29) is 43.5 Å². The number of nitrogens with zero attached hydrogens (tertiary/aromatic N) is 1. The molecule has 0 aliphatic rings. The van der Waals surface area contributed by atoms with E-state index in [2.05, 4.69) is 5.32 Å². The molecule has 1 N–H and O–H groups in total. The van der Waals surface area contributed by atoms with Gasteiger partial charge in [-0.3, -0.25) is 14.4 Å². The van der Waals surface area contributed by atoms with E-state index in [1.165, 1.54) is 18.7 Å². The van der Waals surface area contributed by atoms with E-state index in [1.54, 1.807) is 20.8 Å². The van der Waals surface area contributed by atoms with Crippen LogP contribution in [0.4, 0.5) is 4.79 Å². The Bertz CT molecular complexity index is 396. The smallest absolute Gasteiger partial charge is 0.407 e. The third-order valence-corrected chi connectivity index (χ3v) is 2.19. The molecule has 0 aromatic heterocycles. The number of hydrogen-bond acceptors (Lipinski definition) is 5. The molecule has 0 fully saturated rings. The lowest BCUT2D eigenvalue weighted by atomic mass is 10.2. The topological polar surface area (TPSA) is 92.8 Å². The van der Waals surface area contributed by atoms with Gasteiger partial charge >= 0.3 is 6.09 Å². The minimum atomic E-state index is -0.611. The minimum absolute atomic E-state index is 0.000196. The molecule has 120 valence electrons. The summed E-state index contributed by atoms with van der Waals surface area (Å²) in [6, 6.07) is 0. The van der Waals surface area contributed by atoms with Gasteiger partial charge in [-0.2, -0.15) is 0 Å². The fraction of sp³-hybridized carbons (Fsp3) is 0.714. The fourth-order valence-corrected chi connectivity index (χ4v) is 1.51. The molecule has 0 aromatic carbocycles. The molecule has 7 heteroatoms. The molecule has 0 heterocycles. The Morgan fingerprint density at radius 3 is 1.86 bits per heavy atom. The van der Waals surface area contributed by atoms with E-state index in [1.807, 2.05) is 0 Å². The monoisotopic (exact) mass is 300 g/mol. The van der Waals surface area contributed by atoms with E-state index in [0.29, 0.717) is 0 Å². The number of ether oxygens (including phenoxy) is 1. The van der Waals surface area contributed by atoms with Gasteiger partial charge in [-0.15, -0.1) is 0 Å². The van der Waals surface area contributed by atoms with Crippen LogP contribution in [0, 0.1) is 0 Å². The standard InChI is InChI=1S/C14H24N2O5/c1-10(17)8-16(9-11(2)18)12(19)6-7-15-13(20)21-14(3,4)5/h6-9H2,1-5H3,(H,15,20). The molecule has 0 rings (SSSR count). The lowest BCUT2D eigenvalue weighted by Crippen LogP contribution is -2.40. The first-order valence-corrected chi connectivity index (χ1v) is 6.75. The van der Waals surface area contributed by atoms with Crippen LogP contribution in [0.2, 0.25) is 0 Å². The summed E-state index contributed by atoms with van der Waals surface area (Å²) >= 11 is 0. The van der Waals surface area contributed by atoms with Crippen molar-refractivity contribution >= 4 is 23.6 Å². The normalized spacial score (nSPS) is 10.7. The molecule has 0 aliphatic heterocycles. The van der Waals surface area contributed by atoms with Crippen LogP contribution in [-0.2, 0) is 19.1 Å². The molecule has 0 atom stereocenters. The summed E-state index contributed by atoms with van der Waals surface area (Å²) in [5, 5.41) is 2.45. The van der Waals surface area contributed by atoms with Gasteiger partial charge in [0.05, 0.1) is 13.1 Å². The second-order valence-electron chi connectivity index (χ2n) is 5.83. The summed E-state index contributed by atoms with van der Waals surface area (Å²) in [5.74, 6) is -0.772. The molecule has 7 nitrogen and oxygen atoms in total. The van der Waals surface area contributed by atoms with E-state index < -0.39 is 11.7 Å². The van der Waals surface area contributed by atoms with Gasteiger partial charge in [-0.05, 0) is 34.6 Å². The SMILES string of the molecule is CC(=O)CN(CC(C)=O)C(=O)CCNC(=O)OC(C)(C)C. The average molecular weight is 300 g/mol. The van der Waals surface area contributed by atoms with E-state index in [0.717, 1.165) is 0 Å². The lowest BCUT2D eigenvalue weighted by molar-refractivity contribution is -0.137. The van der Waals surface area contributed by atoms with Crippen LogP contribution < -0.4 is 5.32 Å². The number of Topliss-reactive ketones (excluding diaryl/α,β-unsaturated/α-hetero) is 2. The number of hydrogen-bond donors (Lipinski definition) is 1. The van der Waals surface area contributed by atoms with Crippen LogP contribution in [0.15, 0.2) is 0 Å². The van der Waals surface area contributed by atoms with E-state index in [4.69, 9.17) is 4.74 Å². The van der Waals surface area contributed by atoms with Crippen molar-refractivity contribution < 1.29 is 23.9 Å². The summed E-state index contributed by atoms with van der Waals surface area (Å²) in [4.78, 5) is 46.7. The highest BCUT2D eigenvalue weighted by molar-refractivity contribution is 5.89. The summed E-state index contributed by atoms with van der Waals surface area (Å²) < 4.78 is 5.03. The quantitative estimate of drug-likeness (QED) is 0.754. The first-order valence-electron chi connectivity index (χ1n) is 6.75. The predicted molar refractivity (Wildman–Crippen MR) is 76.8 cm³/mol. The van der Waals surface area contributed by atoms with Gasteiger partial charge in [0.1, 0.15) is 17.2 Å². The van der Waals surface area contributed by atoms with Crippen LogP contribution in [0.1, 0.15) is 41.0 Å². The molecule has 0 saturated carbocycles. The third-order valence-electron chi connectivity index (χ3n) is 2.19. The fourth-order valence-electron chi connectivity index (χ4n) is 1.51. The van der Waals surface area contributed by atoms with Crippen LogP contribution in [0.5, 0.6) is 0 Å². The van der Waals surface area contributed by atoms with Crippen molar-refractivity contribution in [2.45, 2.75) is 46.6 Å². The molecule has 0 bridgehead atoms. The largest absolute Gasteiger partial charge is 0.444 e. The lowest BCUT2D eigenvalue weighted by Gasteiger charge is -2.21. The predicted octanol–water partition coefficient (Wildman–Crippen LogP) is 0.908. The van der Waals surface area contributed by atoms with Crippen LogP contribution in [0.3, 0.4) is 0 Å². The molecular formula is C14H24N2O5. The number of carbonyl (C=O) groups excluding carboxylic acids is 4. The Morgan fingerprint density at radius 1 is 1.00 bits per heavy atom. The van der Waals surface area contributed by atoms with Gasteiger partial charge in [-0.1, -0.05) is 0 Å². The van der Waals surface area contributed by atoms with Gasteiger partial charge in [0.15, 0.2) is 0 Å². The Balaban J connectivity index is 4.28. The zero-order valence-electron chi connectivity index (χ0n) is 13.3. The zero-order valence-corrected chi connectivity index (χ0v) is 13.3. The zero-order chi connectivity index (χ0) is 16.6. The third kappa shape index (κ3) is 10.5. The van der Waals surface area contributed by atoms with Crippen molar-refractivity contribution in [1.82, 2.24) is 10.2 Å². The van der Waals surface area contributed by atoms with Crippen molar-refractivity contribution in [3.63, 3.8) is 0 Å². The number of amides is 2. The molecule has 0 unspecified atom stereocenters. The minimum Gasteiger partial charge on any atom is -0.444 e. The van der Waals surface area contributed by atoms with Crippen LogP contribution >= 0.6 is 0 Å². The van der Waals surface area contributed by atoms with Gasteiger partial charge in [-0.25, -0.2) is 4.79 Å². The number of ketones is 2. The molecule has 0 aromatic rings. The maximum absolute atomic E-state index is 11.9. The molecule has 0 radical (unpaired) electrons. The van der Waals surface area contributed by atoms with Crippen molar-refractivity contribution in [2.24, 2.45) is 0 Å². The molecule has 21 heavy (non-hydrogen) atoms. The van der Waals surface area contributed by atoms with Crippen molar-refractivity contribution in [1.29, 1.82) is 0 Å². The first-order chi connectivity index (χ1) is 9.51. The Hall–Kier alpha value is -1.92. The van der Waals surface area contributed by atoms with Gasteiger partial charge in [0.25, 0.3) is 0 Å². The van der Waals surface area contributed by atoms with Crippen molar-refractivity contribution in [3.05, 3.63) is 0 Å². The maximum Gasteiger partial charge on any atom is 0.407 e. The second-order valence-corrected chi connectivity index (χ2v) is 5.83. The van der Waals surface area contributed by atoms with E-state index >= 15 is 0 Å². The highest BCUT2D eigenvalue weighted by atomic mass is 16.6. The van der Waals surface area contributed by atoms with Gasteiger partial charge < -0.3 is 15.0 Å². The molecule has 0 spiro atoms. The van der Waals surface area contributed by atoms with Crippen molar-refractivity contribution in [2.75, 3.05) is 19.6 Å². The highest BCUT2D eigenvalue weighted by Crippen LogP contribution is 2.06. The average Bonchev–Trinajstić information content (AvgIpc) is 2.23. The van der Waals surface area contributed by atoms with Crippen LogP contribution in [0.25, 0.3) is 0 Å². The first kappa shape index (κ1) is 19.1. The highest BCUT2D eigenvalue weighted by Gasteiger charge is 2.18. The van der Waals surface area contributed by atoms with Gasteiger partial charge in [0, 0.05) is 13.0 Å². The van der Waals surface area contributed by atoms with E-state index in [9.17, 15) is 19.2 Å². The second kappa shape index (κ2) is 8.39. The number of rotatable bonds is 7. The number of carbonyl (C=O) groups is 4. The molecule has 0 saturated heterocycles. The van der Waals surface area contributed by atoms with Crippen LogP contribution in [-0.4, -0.2) is 53.7 Å². The Labute approximate surface area is 125 Å². The summed E-state index contributed by atoms with van der Waals surface area (Å²) in [6.45, 7) is 7.77. The molecular weight excluding hydrogens is 276 g/mol.